The molecule has 0 bridgehead atoms. The van der Waals surface area contributed by atoms with Gasteiger partial charge in [-0.1, -0.05) is 18.2 Å². The average Bonchev–Trinajstić information content (AvgIpc) is 3.19. The second-order valence-corrected chi connectivity index (χ2v) is 9.62. The number of nitrogens with zero attached hydrogens (tertiary/aromatic N) is 2. The highest BCUT2D eigenvalue weighted by Gasteiger charge is 2.29. The number of rotatable bonds is 3. The summed E-state index contributed by atoms with van der Waals surface area (Å²) in [6.45, 7) is 1.67. The van der Waals surface area contributed by atoms with E-state index < -0.39 is 10.0 Å². The number of hydrogen-bond acceptors (Lipinski definition) is 4. The molecule has 1 N–H and O–H groups in total. The fourth-order valence-corrected chi connectivity index (χ4v) is 6.04. The Morgan fingerprint density at radius 2 is 1.88 bits per heavy atom. The number of amides is 1. The van der Waals surface area contributed by atoms with Crippen LogP contribution in [0, 0.1) is 0 Å². The summed E-state index contributed by atoms with van der Waals surface area (Å²) in [7, 11) is -3.55. The van der Waals surface area contributed by atoms with E-state index in [2.05, 4.69) is 4.98 Å². The lowest BCUT2D eigenvalue weighted by atomic mass is 10.0. The number of benzene rings is 1. The van der Waals surface area contributed by atoms with Crippen LogP contribution >= 0.6 is 11.8 Å². The van der Waals surface area contributed by atoms with Crippen molar-refractivity contribution in [2.45, 2.75) is 17.7 Å². The van der Waals surface area contributed by atoms with Crippen molar-refractivity contribution >= 4 is 33.4 Å². The third-order valence-corrected chi connectivity index (χ3v) is 7.67. The summed E-state index contributed by atoms with van der Waals surface area (Å²) in [5, 5.41) is 0. The normalized spacial score (nSPS) is 18.5. The average molecular weight is 392 g/mol. The minimum atomic E-state index is -3.55. The number of aryl methyl sites for hydroxylation is 1. The molecule has 0 saturated carbocycles. The standard InChI is InChI=1S/C18H21N3O3S2/c22-18(21-7-3-5-14-4-1-2-6-17(14)21)16-12-15(13-19-16)26(23,24)20-8-10-25-11-9-20/h1-2,4,6,12-13,19H,3,5,7-11H2. The highest BCUT2D eigenvalue weighted by molar-refractivity contribution is 7.99. The smallest absolute Gasteiger partial charge is 0.274 e. The number of carbonyl (C=O) groups is 1. The quantitative estimate of drug-likeness (QED) is 0.872. The van der Waals surface area contributed by atoms with Crippen LogP contribution in [0.25, 0.3) is 0 Å². The summed E-state index contributed by atoms with van der Waals surface area (Å²) in [5.41, 5.74) is 2.37. The number of fused-ring (bicyclic) bond motifs is 1. The van der Waals surface area contributed by atoms with Crippen LogP contribution < -0.4 is 4.90 Å². The first kappa shape index (κ1) is 17.6. The van der Waals surface area contributed by atoms with Gasteiger partial charge in [0, 0.05) is 43.0 Å². The molecule has 1 aromatic carbocycles. The molecule has 2 aliphatic rings. The van der Waals surface area contributed by atoms with Crippen LogP contribution in [-0.4, -0.2) is 54.8 Å². The van der Waals surface area contributed by atoms with Gasteiger partial charge in [0.15, 0.2) is 0 Å². The maximum atomic E-state index is 13.0. The zero-order valence-electron chi connectivity index (χ0n) is 14.3. The van der Waals surface area contributed by atoms with Crippen molar-refractivity contribution in [3.63, 3.8) is 0 Å². The summed E-state index contributed by atoms with van der Waals surface area (Å²) in [4.78, 5) is 17.7. The minimum Gasteiger partial charge on any atom is -0.356 e. The lowest BCUT2D eigenvalue weighted by molar-refractivity contribution is 0.0981. The molecule has 1 aromatic heterocycles. The van der Waals surface area contributed by atoms with E-state index in [1.165, 1.54) is 16.6 Å². The van der Waals surface area contributed by atoms with Crippen molar-refractivity contribution in [1.82, 2.24) is 9.29 Å². The molecule has 0 unspecified atom stereocenters. The van der Waals surface area contributed by atoms with Crippen molar-refractivity contribution in [2.24, 2.45) is 0 Å². The molecule has 1 amide bonds. The fourth-order valence-electron chi connectivity index (χ4n) is 3.47. The van der Waals surface area contributed by atoms with Crippen molar-refractivity contribution in [1.29, 1.82) is 0 Å². The Kier molecular flexibility index (Phi) is 4.81. The monoisotopic (exact) mass is 391 g/mol. The summed E-state index contributed by atoms with van der Waals surface area (Å²) < 4.78 is 27.0. The first-order valence-corrected chi connectivity index (χ1v) is 11.3. The molecular formula is C18H21N3O3S2. The zero-order chi connectivity index (χ0) is 18.1. The molecule has 1 fully saturated rings. The van der Waals surface area contributed by atoms with Gasteiger partial charge in [-0.15, -0.1) is 0 Å². The van der Waals surface area contributed by atoms with Crippen LogP contribution in [0.1, 0.15) is 22.5 Å². The molecule has 0 radical (unpaired) electrons. The fraction of sp³-hybridized carbons (Fsp3) is 0.389. The van der Waals surface area contributed by atoms with Gasteiger partial charge in [-0.3, -0.25) is 4.79 Å². The van der Waals surface area contributed by atoms with Gasteiger partial charge in [0.25, 0.3) is 5.91 Å². The van der Waals surface area contributed by atoms with E-state index in [-0.39, 0.29) is 10.8 Å². The molecule has 2 aliphatic heterocycles. The predicted molar refractivity (Wildman–Crippen MR) is 103 cm³/mol. The Labute approximate surface area is 157 Å². The van der Waals surface area contributed by atoms with Gasteiger partial charge in [-0.25, -0.2) is 8.42 Å². The van der Waals surface area contributed by atoms with Gasteiger partial charge >= 0.3 is 0 Å². The van der Waals surface area contributed by atoms with E-state index in [0.717, 1.165) is 35.6 Å². The number of thioether (sulfide) groups is 1. The lowest BCUT2D eigenvalue weighted by Crippen LogP contribution is -2.37. The molecule has 1 saturated heterocycles. The second-order valence-electron chi connectivity index (χ2n) is 6.45. The number of sulfonamides is 1. The van der Waals surface area contributed by atoms with Crippen LogP contribution in [0.15, 0.2) is 41.4 Å². The summed E-state index contributed by atoms with van der Waals surface area (Å²) in [6.07, 6.45) is 3.29. The van der Waals surface area contributed by atoms with Gasteiger partial charge in [0.05, 0.1) is 0 Å². The highest BCUT2D eigenvalue weighted by Crippen LogP contribution is 2.28. The molecule has 138 valence electrons. The molecule has 26 heavy (non-hydrogen) atoms. The minimum absolute atomic E-state index is 0.165. The summed E-state index contributed by atoms with van der Waals surface area (Å²) in [5.74, 6) is 1.42. The number of carbonyl (C=O) groups excluding carboxylic acids is 1. The SMILES string of the molecule is O=C(c1cc(S(=O)(=O)N2CCSCC2)c[nH]1)N1CCCc2ccccc21. The van der Waals surface area contributed by atoms with E-state index >= 15 is 0 Å². The first-order chi connectivity index (χ1) is 12.6. The maximum absolute atomic E-state index is 13.0. The Bertz CT molecular complexity index is 917. The van der Waals surface area contributed by atoms with E-state index in [0.29, 0.717) is 25.3 Å². The van der Waals surface area contributed by atoms with Crippen LogP contribution in [0.4, 0.5) is 5.69 Å². The number of hydrogen-bond donors (Lipinski definition) is 1. The molecule has 0 atom stereocenters. The van der Waals surface area contributed by atoms with Crippen LogP contribution in [-0.2, 0) is 16.4 Å². The Hall–Kier alpha value is -1.77. The van der Waals surface area contributed by atoms with Crippen molar-refractivity contribution in [2.75, 3.05) is 36.0 Å². The number of aromatic amines is 1. The molecule has 3 heterocycles. The molecule has 4 rings (SSSR count). The van der Waals surface area contributed by atoms with E-state index in [4.69, 9.17) is 0 Å². The molecule has 2 aromatic rings. The first-order valence-electron chi connectivity index (χ1n) is 8.73. The van der Waals surface area contributed by atoms with E-state index in [1.54, 1.807) is 16.7 Å². The lowest BCUT2D eigenvalue weighted by Gasteiger charge is -2.29. The van der Waals surface area contributed by atoms with Crippen LogP contribution in [0.2, 0.25) is 0 Å². The molecular weight excluding hydrogens is 370 g/mol. The maximum Gasteiger partial charge on any atom is 0.274 e. The second kappa shape index (κ2) is 7.09. The number of aromatic nitrogens is 1. The van der Waals surface area contributed by atoms with Gasteiger partial charge in [0.2, 0.25) is 10.0 Å². The third-order valence-electron chi connectivity index (χ3n) is 4.85. The molecule has 0 aliphatic carbocycles. The summed E-state index contributed by atoms with van der Waals surface area (Å²) in [6, 6.07) is 9.34. The van der Waals surface area contributed by atoms with E-state index in [9.17, 15) is 13.2 Å². The largest absolute Gasteiger partial charge is 0.356 e. The Morgan fingerprint density at radius 1 is 1.12 bits per heavy atom. The molecule has 6 nitrogen and oxygen atoms in total. The van der Waals surface area contributed by atoms with Gasteiger partial charge in [-0.2, -0.15) is 16.1 Å². The zero-order valence-corrected chi connectivity index (χ0v) is 16.0. The molecule has 0 spiro atoms. The van der Waals surface area contributed by atoms with Gasteiger partial charge in [-0.05, 0) is 30.5 Å². The number of nitrogens with one attached hydrogen (secondary N) is 1. The Morgan fingerprint density at radius 3 is 2.69 bits per heavy atom. The summed E-state index contributed by atoms with van der Waals surface area (Å²) >= 11 is 1.76. The third kappa shape index (κ3) is 3.17. The van der Waals surface area contributed by atoms with Crippen LogP contribution in [0.3, 0.4) is 0 Å². The number of para-hydroxylation sites is 1. The van der Waals surface area contributed by atoms with Gasteiger partial charge < -0.3 is 9.88 Å². The van der Waals surface area contributed by atoms with Crippen molar-refractivity contribution in [3.05, 3.63) is 47.8 Å². The predicted octanol–water partition coefficient (Wildman–Crippen LogP) is 2.35. The van der Waals surface area contributed by atoms with Crippen molar-refractivity contribution in [3.8, 4) is 0 Å². The topological polar surface area (TPSA) is 73.5 Å². The van der Waals surface area contributed by atoms with Gasteiger partial charge in [0.1, 0.15) is 10.6 Å². The van der Waals surface area contributed by atoms with E-state index in [1.807, 2.05) is 24.3 Å². The highest BCUT2D eigenvalue weighted by atomic mass is 32.2. The van der Waals surface area contributed by atoms with Crippen molar-refractivity contribution < 1.29 is 13.2 Å². The Balaban J connectivity index is 1.60. The van der Waals surface area contributed by atoms with Crippen LogP contribution in [0.5, 0.6) is 0 Å². The number of anilines is 1. The molecule has 8 heteroatoms. The number of H-pyrrole nitrogens is 1.